The molecule has 2 aromatic carbocycles. The van der Waals surface area contributed by atoms with Crippen molar-refractivity contribution in [2.45, 2.75) is 0 Å². The number of fused-ring (bicyclic) bond motifs is 1. The highest BCUT2D eigenvalue weighted by Gasteiger charge is 2.20. The third-order valence-corrected chi connectivity index (χ3v) is 3.26. The van der Waals surface area contributed by atoms with Gasteiger partial charge in [0, 0.05) is 5.56 Å². The summed E-state index contributed by atoms with van der Waals surface area (Å²) >= 11 is 5.95. The second-order valence-electron chi connectivity index (χ2n) is 4.27. The van der Waals surface area contributed by atoms with Gasteiger partial charge in [0.2, 0.25) is 0 Å². The van der Waals surface area contributed by atoms with E-state index in [0.717, 1.165) is 12.1 Å². The van der Waals surface area contributed by atoms with Crippen molar-refractivity contribution in [2.75, 3.05) is 0 Å². The van der Waals surface area contributed by atoms with Gasteiger partial charge in [0.15, 0.2) is 23.0 Å². The lowest BCUT2D eigenvalue weighted by molar-refractivity contribution is 0.103. The summed E-state index contributed by atoms with van der Waals surface area (Å²) in [5.41, 5.74) is -0.128. The number of aromatic amines is 1. The van der Waals surface area contributed by atoms with Gasteiger partial charge < -0.3 is 4.42 Å². The average Bonchev–Trinajstić information content (AvgIpc) is 2.79. The number of ketones is 1. The molecule has 106 valence electrons. The van der Waals surface area contributed by atoms with Gasteiger partial charge in [0.25, 0.3) is 0 Å². The number of nitrogens with one attached hydrogen (secondary N) is 1. The molecule has 0 unspecified atom stereocenters. The lowest BCUT2D eigenvalue weighted by Crippen LogP contribution is -2.06. The molecule has 0 spiro atoms. The van der Waals surface area contributed by atoms with Crippen molar-refractivity contribution in [3.8, 4) is 0 Å². The number of benzene rings is 2. The molecule has 0 bridgehead atoms. The van der Waals surface area contributed by atoms with Gasteiger partial charge in [-0.1, -0.05) is 17.7 Å². The minimum absolute atomic E-state index is 0.00629. The average molecular weight is 310 g/mol. The smallest absolute Gasteiger partial charge is 0.408 e. The van der Waals surface area contributed by atoms with E-state index < -0.39 is 28.7 Å². The van der Waals surface area contributed by atoms with E-state index in [9.17, 15) is 18.4 Å². The zero-order valence-electron chi connectivity index (χ0n) is 10.2. The van der Waals surface area contributed by atoms with Gasteiger partial charge in [0.05, 0.1) is 16.1 Å². The molecule has 0 radical (unpaired) electrons. The van der Waals surface area contributed by atoms with Gasteiger partial charge in [-0.05, 0) is 24.3 Å². The fraction of sp³-hybridized carbons (Fsp3) is 0. The Kier molecular flexibility index (Phi) is 3.10. The SMILES string of the molecule is O=C(c1cc2oc(=O)[nH]c2cc1Cl)c1cccc(F)c1F. The van der Waals surface area contributed by atoms with Crippen molar-refractivity contribution in [2.24, 2.45) is 0 Å². The summed E-state index contributed by atoms with van der Waals surface area (Å²) in [6, 6.07) is 5.79. The van der Waals surface area contributed by atoms with E-state index in [2.05, 4.69) is 4.98 Å². The van der Waals surface area contributed by atoms with Crippen LogP contribution in [0.15, 0.2) is 39.5 Å². The molecular formula is C14H6ClF2NO3. The lowest BCUT2D eigenvalue weighted by atomic mass is 10.0. The Bertz CT molecular complexity index is 930. The van der Waals surface area contributed by atoms with Crippen LogP contribution in [0.25, 0.3) is 11.1 Å². The van der Waals surface area contributed by atoms with Crippen LogP contribution in [0.2, 0.25) is 5.02 Å². The van der Waals surface area contributed by atoms with E-state index in [1.165, 1.54) is 18.2 Å². The highest BCUT2D eigenvalue weighted by atomic mass is 35.5. The molecule has 1 aromatic heterocycles. The summed E-state index contributed by atoms with van der Waals surface area (Å²) in [4.78, 5) is 25.7. The van der Waals surface area contributed by atoms with Gasteiger partial charge in [-0.25, -0.2) is 13.6 Å². The molecule has 7 heteroatoms. The molecule has 1 N–H and O–H groups in total. The topological polar surface area (TPSA) is 63.1 Å². The monoisotopic (exact) mass is 309 g/mol. The minimum atomic E-state index is -1.26. The number of aromatic nitrogens is 1. The normalized spacial score (nSPS) is 11.0. The van der Waals surface area contributed by atoms with Gasteiger partial charge in [0.1, 0.15) is 0 Å². The van der Waals surface area contributed by atoms with E-state index in [0.29, 0.717) is 5.52 Å². The molecule has 4 nitrogen and oxygen atoms in total. The summed E-state index contributed by atoms with van der Waals surface area (Å²) in [6.45, 7) is 0. The molecule has 0 aliphatic heterocycles. The fourth-order valence-electron chi connectivity index (χ4n) is 1.97. The zero-order valence-corrected chi connectivity index (χ0v) is 11.0. The first-order valence-electron chi connectivity index (χ1n) is 5.78. The number of oxazole rings is 1. The number of H-pyrrole nitrogens is 1. The number of carbonyl (C=O) groups excluding carboxylic acids is 1. The second kappa shape index (κ2) is 4.82. The third-order valence-electron chi connectivity index (χ3n) is 2.95. The van der Waals surface area contributed by atoms with Crippen LogP contribution in [-0.4, -0.2) is 10.8 Å². The van der Waals surface area contributed by atoms with Crippen molar-refractivity contribution in [3.63, 3.8) is 0 Å². The van der Waals surface area contributed by atoms with E-state index in [4.69, 9.17) is 16.0 Å². The molecule has 0 aliphatic rings. The molecule has 0 aliphatic carbocycles. The van der Waals surface area contributed by atoms with E-state index >= 15 is 0 Å². The Morgan fingerprint density at radius 1 is 1.19 bits per heavy atom. The summed E-state index contributed by atoms with van der Waals surface area (Å²) in [7, 11) is 0. The van der Waals surface area contributed by atoms with Gasteiger partial charge in [-0.3, -0.25) is 9.78 Å². The Labute approximate surface area is 121 Å². The van der Waals surface area contributed by atoms with Crippen molar-refractivity contribution >= 4 is 28.5 Å². The number of hydrogen-bond donors (Lipinski definition) is 1. The molecule has 1 heterocycles. The summed E-state index contributed by atoms with van der Waals surface area (Å²) in [5, 5.41) is -0.00629. The lowest BCUT2D eigenvalue weighted by Gasteiger charge is -2.05. The van der Waals surface area contributed by atoms with E-state index in [1.807, 2.05) is 0 Å². The number of rotatable bonds is 2. The highest BCUT2D eigenvalue weighted by molar-refractivity contribution is 6.35. The summed E-state index contributed by atoms with van der Waals surface area (Å²) < 4.78 is 31.7. The van der Waals surface area contributed by atoms with Crippen molar-refractivity contribution < 1.29 is 18.0 Å². The van der Waals surface area contributed by atoms with Crippen molar-refractivity contribution in [1.29, 1.82) is 0 Å². The maximum Gasteiger partial charge on any atom is 0.417 e. The molecule has 3 rings (SSSR count). The van der Waals surface area contributed by atoms with Crippen LogP contribution >= 0.6 is 11.6 Å². The molecule has 0 saturated carbocycles. The Hall–Kier alpha value is -2.47. The number of carbonyl (C=O) groups is 1. The highest BCUT2D eigenvalue weighted by Crippen LogP contribution is 2.26. The largest absolute Gasteiger partial charge is 0.417 e. The van der Waals surface area contributed by atoms with Gasteiger partial charge in [-0.2, -0.15) is 0 Å². The van der Waals surface area contributed by atoms with Crippen LogP contribution < -0.4 is 5.76 Å². The maximum atomic E-state index is 13.7. The zero-order chi connectivity index (χ0) is 15.1. The Morgan fingerprint density at radius 3 is 2.71 bits per heavy atom. The first kappa shape index (κ1) is 13.5. The molecule has 0 fully saturated rings. The van der Waals surface area contributed by atoms with Crippen LogP contribution in [0.4, 0.5) is 8.78 Å². The van der Waals surface area contributed by atoms with E-state index in [1.54, 1.807) is 0 Å². The van der Waals surface area contributed by atoms with Crippen molar-refractivity contribution in [3.05, 3.63) is 68.7 Å². The standard InChI is InChI=1S/C14H6ClF2NO3/c15-8-5-10-11(21-14(20)18-10)4-7(8)13(19)6-2-1-3-9(16)12(6)17/h1-5H,(H,18,20). The minimum Gasteiger partial charge on any atom is -0.408 e. The molecule has 21 heavy (non-hydrogen) atoms. The van der Waals surface area contributed by atoms with Crippen LogP contribution in [0.3, 0.4) is 0 Å². The predicted molar refractivity (Wildman–Crippen MR) is 71.6 cm³/mol. The second-order valence-corrected chi connectivity index (χ2v) is 4.68. The first-order valence-corrected chi connectivity index (χ1v) is 6.16. The molecule has 0 atom stereocenters. The van der Waals surface area contributed by atoms with Crippen LogP contribution in [-0.2, 0) is 0 Å². The van der Waals surface area contributed by atoms with Crippen LogP contribution in [0.1, 0.15) is 15.9 Å². The van der Waals surface area contributed by atoms with Gasteiger partial charge >= 0.3 is 5.76 Å². The fourth-order valence-corrected chi connectivity index (χ4v) is 2.22. The Morgan fingerprint density at radius 2 is 1.95 bits per heavy atom. The first-order chi connectivity index (χ1) is 9.97. The van der Waals surface area contributed by atoms with Crippen LogP contribution in [0.5, 0.6) is 0 Å². The maximum absolute atomic E-state index is 13.7. The molecule has 0 amide bonds. The van der Waals surface area contributed by atoms with Crippen molar-refractivity contribution in [1.82, 2.24) is 4.98 Å². The summed E-state index contributed by atoms with van der Waals surface area (Å²) in [6.07, 6.45) is 0. The quantitative estimate of drug-likeness (QED) is 0.739. The molecule has 0 saturated heterocycles. The van der Waals surface area contributed by atoms with Crippen LogP contribution in [0, 0.1) is 11.6 Å². The number of hydrogen-bond acceptors (Lipinski definition) is 3. The predicted octanol–water partition coefficient (Wildman–Crippen LogP) is 3.28. The third kappa shape index (κ3) is 2.23. The van der Waals surface area contributed by atoms with Gasteiger partial charge in [-0.15, -0.1) is 0 Å². The Balaban J connectivity index is 2.19. The van der Waals surface area contributed by atoms with E-state index in [-0.39, 0.29) is 16.2 Å². The molecular weight excluding hydrogens is 304 g/mol. The summed E-state index contributed by atoms with van der Waals surface area (Å²) in [5.74, 6) is -3.90. The number of halogens is 3. The molecule has 3 aromatic rings.